The van der Waals surface area contributed by atoms with Crippen molar-refractivity contribution in [3.05, 3.63) is 16.1 Å². The van der Waals surface area contributed by atoms with Gasteiger partial charge in [-0.15, -0.1) is 11.3 Å². The fourth-order valence-corrected chi connectivity index (χ4v) is 1.93. The average Bonchev–Trinajstić information content (AvgIpc) is 2.44. The average molecular weight is 179 g/mol. The lowest BCUT2D eigenvalue weighted by Gasteiger charge is -2.29. The second-order valence-corrected chi connectivity index (χ2v) is 3.81. The molecule has 0 radical (unpaired) electrons. The Balaban J connectivity index is 1.99. The molecule has 0 spiro atoms. The largest absolute Gasteiger partial charge is 0.297 e. The normalized spacial score (nSPS) is 16.9. The Bertz CT molecular complexity index is 308. The van der Waals surface area contributed by atoms with Crippen molar-refractivity contribution < 1.29 is 0 Å². The molecular formula is C8H9N3S. The van der Waals surface area contributed by atoms with Crippen LogP contribution in [0.5, 0.6) is 0 Å². The molecule has 0 unspecified atom stereocenters. The van der Waals surface area contributed by atoms with Crippen molar-refractivity contribution in [1.29, 1.82) is 5.26 Å². The van der Waals surface area contributed by atoms with Crippen molar-refractivity contribution in [3.63, 3.8) is 0 Å². The summed E-state index contributed by atoms with van der Waals surface area (Å²) >= 11 is 1.58. The van der Waals surface area contributed by atoms with Crippen LogP contribution in [0, 0.1) is 11.3 Å². The number of nitriles is 1. The third-order valence-corrected chi connectivity index (χ3v) is 2.81. The van der Waals surface area contributed by atoms with Crippen molar-refractivity contribution in [3.8, 4) is 6.07 Å². The van der Waals surface area contributed by atoms with Crippen molar-refractivity contribution in [2.45, 2.75) is 13.0 Å². The van der Waals surface area contributed by atoms with Crippen molar-refractivity contribution >= 4 is 11.3 Å². The molecule has 1 aliphatic rings. The van der Waals surface area contributed by atoms with Gasteiger partial charge in [-0.2, -0.15) is 5.26 Å². The van der Waals surface area contributed by atoms with E-state index in [1.165, 1.54) is 19.5 Å². The fraction of sp³-hybridized carbons (Fsp3) is 0.500. The predicted molar refractivity (Wildman–Crippen MR) is 46.7 cm³/mol. The van der Waals surface area contributed by atoms with E-state index in [1.54, 1.807) is 11.3 Å². The summed E-state index contributed by atoms with van der Waals surface area (Å²) in [6, 6.07) is 2.04. The number of nitrogens with zero attached hydrogens (tertiary/aromatic N) is 3. The van der Waals surface area contributed by atoms with E-state index in [9.17, 15) is 0 Å². The van der Waals surface area contributed by atoms with Crippen LogP contribution < -0.4 is 0 Å². The molecule has 3 nitrogen and oxygen atoms in total. The van der Waals surface area contributed by atoms with Crippen LogP contribution in [0.2, 0.25) is 0 Å². The van der Waals surface area contributed by atoms with Crippen LogP contribution in [0.15, 0.2) is 5.38 Å². The maximum Gasteiger partial charge on any atom is 0.151 e. The lowest BCUT2D eigenvalue weighted by Crippen LogP contribution is -2.36. The highest BCUT2D eigenvalue weighted by molar-refractivity contribution is 7.09. The quantitative estimate of drug-likeness (QED) is 0.685. The maximum absolute atomic E-state index is 8.54. The Kier molecular flexibility index (Phi) is 2.07. The molecule has 1 fully saturated rings. The van der Waals surface area contributed by atoms with Gasteiger partial charge >= 0.3 is 0 Å². The van der Waals surface area contributed by atoms with E-state index in [4.69, 9.17) is 5.26 Å². The number of likely N-dealkylation sites (tertiary alicyclic amines) is 1. The summed E-state index contributed by atoms with van der Waals surface area (Å²) in [6.45, 7) is 3.29. The second-order valence-electron chi connectivity index (χ2n) is 2.87. The number of rotatable bonds is 2. The van der Waals surface area contributed by atoms with E-state index in [2.05, 4.69) is 9.88 Å². The Morgan fingerprint density at radius 2 is 2.50 bits per heavy atom. The lowest BCUT2D eigenvalue weighted by atomic mass is 10.2. The van der Waals surface area contributed by atoms with E-state index < -0.39 is 0 Å². The zero-order chi connectivity index (χ0) is 8.39. The van der Waals surface area contributed by atoms with Crippen molar-refractivity contribution in [2.24, 2.45) is 0 Å². The number of hydrogen-bond acceptors (Lipinski definition) is 4. The molecule has 0 amide bonds. The third kappa shape index (κ3) is 1.47. The van der Waals surface area contributed by atoms with Gasteiger partial charge in [0.1, 0.15) is 11.1 Å². The predicted octanol–water partition coefficient (Wildman–Crippen LogP) is 1.22. The molecule has 1 aromatic rings. The summed E-state index contributed by atoms with van der Waals surface area (Å²) in [7, 11) is 0. The minimum absolute atomic E-state index is 0.551. The van der Waals surface area contributed by atoms with E-state index in [-0.39, 0.29) is 0 Å². The Morgan fingerprint density at radius 1 is 1.67 bits per heavy atom. The summed E-state index contributed by atoms with van der Waals surface area (Å²) in [5, 5.41) is 11.4. The minimum atomic E-state index is 0.551. The molecule has 0 atom stereocenters. The molecule has 2 heterocycles. The monoisotopic (exact) mass is 179 g/mol. The van der Waals surface area contributed by atoms with Gasteiger partial charge in [0.2, 0.25) is 0 Å². The van der Waals surface area contributed by atoms with Crippen LogP contribution in [-0.4, -0.2) is 23.0 Å². The molecule has 0 saturated carbocycles. The van der Waals surface area contributed by atoms with Gasteiger partial charge in [-0.05, 0) is 19.5 Å². The molecule has 62 valence electrons. The molecule has 0 N–H and O–H groups in total. The van der Waals surface area contributed by atoms with Gasteiger partial charge in [0.25, 0.3) is 0 Å². The van der Waals surface area contributed by atoms with Crippen LogP contribution in [0.25, 0.3) is 0 Å². The van der Waals surface area contributed by atoms with E-state index >= 15 is 0 Å². The highest BCUT2D eigenvalue weighted by Gasteiger charge is 2.15. The first-order valence-electron chi connectivity index (χ1n) is 3.95. The van der Waals surface area contributed by atoms with E-state index in [1.807, 2.05) is 11.4 Å². The molecule has 1 saturated heterocycles. The smallest absolute Gasteiger partial charge is 0.151 e. The first kappa shape index (κ1) is 7.71. The highest BCUT2D eigenvalue weighted by atomic mass is 32.1. The molecule has 0 aliphatic carbocycles. The standard InChI is InChI=1S/C8H9N3S/c9-4-7-6-12-8(10-7)5-11-2-1-3-11/h6H,1-3,5H2. The van der Waals surface area contributed by atoms with Gasteiger partial charge < -0.3 is 0 Å². The molecule has 0 aromatic carbocycles. The van der Waals surface area contributed by atoms with E-state index in [0.29, 0.717) is 5.69 Å². The Morgan fingerprint density at radius 3 is 3.00 bits per heavy atom. The molecule has 1 aliphatic heterocycles. The number of thiazole rings is 1. The maximum atomic E-state index is 8.54. The SMILES string of the molecule is N#Cc1csc(CN2CCC2)n1. The van der Waals surface area contributed by atoms with Crippen LogP contribution in [-0.2, 0) is 6.54 Å². The summed E-state index contributed by atoms with van der Waals surface area (Å²) < 4.78 is 0. The Hall–Kier alpha value is -0.920. The first-order chi connectivity index (χ1) is 5.88. The van der Waals surface area contributed by atoms with Gasteiger partial charge in [-0.1, -0.05) is 0 Å². The van der Waals surface area contributed by atoms with Crippen molar-refractivity contribution in [1.82, 2.24) is 9.88 Å². The van der Waals surface area contributed by atoms with E-state index in [0.717, 1.165) is 11.6 Å². The highest BCUT2D eigenvalue weighted by Crippen LogP contribution is 2.15. The van der Waals surface area contributed by atoms with Crippen LogP contribution >= 0.6 is 11.3 Å². The summed E-state index contributed by atoms with van der Waals surface area (Å²) in [4.78, 5) is 6.50. The van der Waals surface area contributed by atoms with Gasteiger partial charge in [-0.3, -0.25) is 4.90 Å². The topological polar surface area (TPSA) is 39.9 Å². The third-order valence-electron chi connectivity index (χ3n) is 1.97. The molecular weight excluding hydrogens is 170 g/mol. The number of hydrogen-bond donors (Lipinski definition) is 0. The lowest BCUT2D eigenvalue weighted by molar-refractivity contribution is 0.172. The van der Waals surface area contributed by atoms with Crippen molar-refractivity contribution in [2.75, 3.05) is 13.1 Å². The molecule has 1 aromatic heterocycles. The molecule has 0 bridgehead atoms. The first-order valence-corrected chi connectivity index (χ1v) is 4.83. The molecule has 2 rings (SSSR count). The van der Waals surface area contributed by atoms with Gasteiger partial charge in [0, 0.05) is 5.38 Å². The zero-order valence-electron chi connectivity index (χ0n) is 6.66. The minimum Gasteiger partial charge on any atom is -0.297 e. The summed E-state index contributed by atoms with van der Waals surface area (Å²) in [5.41, 5.74) is 0.551. The second kappa shape index (κ2) is 3.21. The molecule has 4 heteroatoms. The summed E-state index contributed by atoms with van der Waals surface area (Å²) in [5.74, 6) is 0. The van der Waals surface area contributed by atoms with Gasteiger partial charge in [-0.25, -0.2) is 4.98 Å². The van der Waals surface area contributed by atoms with Crippen LogP contribution in [0.1, 0.15) is 17.1 Å². The fourth-order valence-electron chi connectivity index (χ4n) is 1.17. The van der Waals surface area contributed by atoms with Crippen LogP contribution in [0.4, 0.5) is 0 Å². The molecule has 12 heavy (non-hydrogen) atoms. The summed E-state index contributed by atoms with van der Waals surface area (Å²) in [6.07, 6.45) is 1.30. The van der Waals surface area contributed by atoms with Crippen LogP contribution in [0.3, 0.4) is 0 Å². The van der Waals surface area contributed by atoms with Gasteiger partial charge in [0.05, 0.1) is 6.54 Å². The van der Waals surface area contributed by atoms with Gasteiger partial charge in [0.15, 0.2) is 5.69 Å². The Labute approximate surface area is 75.3 Å². The zero-order valence-corrected chi connectivity index (χ0v) is 7.47. The number of aromatic nitrogens is 1.